The molecule has 0 aliphatic carbocycles. The molecule has 0 aromatic carbocycles. The van der Waals surface area contributed by atoms with Gasteiger partial charge in [-0.15, -0.1) is 0 Å². The summed E-state index contributed by atoms with van der Waals surface area (Å²) in [5.41, 5.74) is -0.107. The van der Waals surface area contributed by atoms with Gasteiger partial charge in [-0.2, -0.15) is 0 Å². The van der Waals surface area contributed by atoms with Gasteiger partial charge in [0.05, 0.1) is 5.66 Å². The van der Waals surface area contributed by atoms with Crippen LogP contribution in [-0.4, -0.2) is 54.1 Å². The lowest BCUT2D eigenvalue weighted by Crippen LogP contribution is -2.56. The summed E-state index contributed by atoms with van der Waals surface area (Å²) in [6.07, 6.45) is 0. The van der Waals surface area contributed by atoms with Gasteiger partial charge in [-0.25, -0.2) is 0 Å². The Morgan fingerprint density at radius 2 is 2.23 bits per heavy atom. The van der Waals surface area contributed by atoms with Gasteiger partial charge in [0.2, 0.25) is 5.91 Å². The number of nitrogens with zero attached hydrogens (tertiary/aromatic N) is 2. The molecule has 2 rings (SSSR count). The lowest BCUT2D eigenvalue weighted by Gasteiger charge is -2.39. The third-order valence-corrected chi connectivity index (χ3v) is 3.38. The van der Waals surface area contributed by atoms with Crippen molar-refractivity contribution in [1.29, 1.82) is 0 Å². The van der Waals surface area contributed by atoms with Crippen LogP contribution in [0.3, 0.4) is 0 Å². The summed E-state index contributed by atoms with van der Waals surface area (Å²) in [6.45, 7) is 6.97. The molecule has 1 N–H and O–H groups in total. The van der Waals surface area contributed by atoms with E-state index in [4.69, 9.17) is 0 Å². The Bertz CT molecular complexity index is 239. The van der Waals surface area contributed by atoms with E-state index in [2.05, 4.69) is 24.1 Å². The van der Waals surface area contributed by atoms with E-state index < -0.39 is 0 Å². The van der Waals surface area contributed by atoms with Crippen molar-refractivity contribution in [2.24, 2.45) is 0 Å². The summed E-state index contributed by atoms with van der Waals surface area (Å²) in [5.74, 6) is 0.247. The second kappa shape index (κ2) is 2.69. The van der Waals surface area contributed by atoms with Crippen molar-refractivity contribution >= 4 is 5.91 Å². The van der Waals surface area contributed by atoms with Crippen LogP contribution in [0, 0.1) is 0 Å². The predicted octanol–water partition coefficient (Wildman–Crippen LogP) is -0.532. The van der Waals surface area contributed by atoms with Gasteiger partial charge < -0.3 is 10.2 Å². The van der Waals surface area contributed by atoms with Gasteiger partial charge in [0.25, 0.3) is 0 Å². The zero-order valence-electron chi connectivity index (χ0n) is 8.50. The highest BCUT2D eigenvalue weighted by Gasteiger charge is 2.49. The minimum Gasteiger partial charge on any atom is -0.326 e. The zero-order valence-corrected chi connectivity index (χ0v) is 8.50. The number of amides is 1. The Balaban J connectivity index is 2.29. The van der Waals surface area contributed by atoms with E-state index in [1.54, 1.807) is 0 Å². The van der Waals surface area contributed by atoms with E-state index in [1.807, 2.05) is 11.9 Å². The molecule has 1 atom stereocenters. The van der Waals surface area contributed by atoms with Crippen LogP contribution in [0.2, 0.25) is 0 Å². The van der Waals surface area contributed by atoms with Crippen molar-refractivity contribution in [3.63, 3.8) is 0 Å². The van der Waals surface area contributed by atoms with Crippen LogP contribution in [-0.2, 0) is 4.79 Å². The SMILES string of the molecule is CN1C(=O)C2CNCCN2C1(C)C. The average molecular weight is 183 g/mol. The van der Waals surface area contributed by atoms with Crippen molar-refractivity contribution in [1.82, 2.24) is 15.1 Å². The highest BCUT2D eigenvalue weighted by atomic mass is 16.2. The molecular weight excluding hydrogens is 166 g/mol. The van der Waals surface area contributed by atoms with Gasteiger partial charge in [0.1, 0.15) is 6.04 Å². The maximum Gasteiger partial charge on any atom is 0.242 e. The second-order valence-corrected chi connectivity index (χ2v) is 4.30. The second-order valence-electron chi connectivity index (χ2n) is 4.30. The van der Waals surface area contributed by atoms with Gasteiger partial charge in [-0.1, -0.05) is 0 Å². The summed E-state index contributed by atoms with van der Waals surface area (Å²) in [6, 6.07) is 0.0637. The molecule has 13 heavy (non-hydrogen) atoms. The molecule has 0 radical (unpaired) electrons. The van der Waals surface area contributed by atoms with Crippen LogP contribution >= 0.6 is 0 Å². The van der Waals surface area contributed by atoms with Gasteiger partial charge in [-0.05, 0) is 13.8 Å². The van der Waals surface area contributed by atoms with Gasteiger partial charge in [0, 0.05) is 26.7 Å². The maximum absolute atomic E-state index is 11.8. The highest BCUT2D eigenvalue weighted by molar-refractivity contribution is 5.85. The first-order valence-electron chi connectivity index (χ1n) is 4.80. The van der Waals surface area contributed by atoms with E-state index in [1.165, 1.54) is 0 Å². The summed E-state index contributed by atoms with van der Waals surface area (Å²) >= 11 is 0. The molecule has 0 aromatic rings. The van der Waals surface area contributed by atoms with Crippen molar-refractivity contribution < 1.29 is 4.79 Å². The van der Waals surface area contributed by atoms with E-state index >= 15 is 0 Å². The summed E-state index contributed by atoms with van der Waals surface area (Å²) in [7, 11) is 1.89. The number of likely N-dealkylation sites (N-methyl/N-ethyl adjacent to an activating group) is 1. The molecule has 1 unspecified atom stereocenters. The molecule has 4 heteroatoms. The van der Waals surface area contributed by atoms with Gasteiger partial charge in [-0.3, -0.25) is 9.69 Å². The van der Waals surface area contributed by atoms with Crippen LogP contribution < -0.4 is 5.32 Å². The molecule has 74 valence electrons. The molecular formula is C9H17N3O. The first kappa shape index (κ1) is 8.97. The minimum absolute atomic E-state index is 0.0637. The molecule has 2 heterocycles. The highest BCUT2D eigenvalue weighted by Crippen LogP contribution is 2.30. The lowest BCUT2D eigenvalue weighted by molar-refractivity contribution is -0.129. The topological polar surface area (TPSA) is 35.6 Å². The smallest absolute Gasteiger partial charge is 0.242 e. The van der Waals surface area contributed by atoms with Crippen molar-refractivity contribution in [3.05, 3.63) is 0 Å². The fraction of sp³-hybridized carbons (Fsp3) is 0.889. The van der Waals surface area contributed by atoms with Crippen molar-refractivity contribution in [2.75, 3.05) is 26.7 Å². The van der Waals surface area contributed by atoms with Crippen LogP contribution in [0.25, 0.3) is 0 Å². The number of hydrogen-bond donors (Lipinski definition) is 1. The lowest BCUT2D eigenvalue weighted by atomic mass is 10.1. The minimum atomic E-state index is -0.107. The van der Waals surface area contributed by atoms with Crippen LogP contribution in [0.5, 0.6) is 0 Å². The predicted molar refractivity (Wildman–Crippen MR) is 50.2 cm³/mol. The maximum atomic E-state index is 11.8. The average Bonchev–Trinajstić information content (AvgIpc) is 2.30. The molecule has 2 aliphatic heterocycles. The molecule has 0 bridgehead atoms. The Kier molecular flexibility index (Phi) is 1.85. The number of nitrogens with one attached hydrogen (secondary N) is 1. The van der Waals surface area contributed by atoms with E-state index in [0.29, 0.717) is 0 Å². The third-order valence-electron chi connectivity index (χ3n) is 3.38. The summed E-state index contributed by atoms with van der Waals surface area (Å²) in [5, 5.41) is 3.26. The quantitative estimate of drug-likeness (QED) is 0.548. The standard InChI is InChI=1S/C9H17N3O/c1-9(2)11(3)8(13)7-6-10-4-5-12(7)9/h7,10H,4-6H2,1-3H3. The van der Waals surface area contributed by atoms with Crippen LogP contribution in [0.15, 0.2) is 0 Å². The Morgan fingerprint density at radius 3 is 2.85 bits per heavy atom. The fourth-order valence-electron chi connectivity index (χ4n) is 2.27. The van der Waals surface area contributed by atoms with Crippen molar-refractivity contribution in [3.8, 4) is 0 Å². The Morgan fingerprint density at radius 1 is 1.54 bits per heavy atom. The van der Waals surface area contributed by atoms with E-state index in [-0.39, 0.29) is 17.6 Å². The molecule has 4 nitrogen and oxygen atoms in total. The van der Waals surface area contributed by atoms with E-state index in [9.17, 15) is 4.79 Å². The van der Waals surface area contributed by atoms with Crippen LogP contribution in [0.1, 0.15) is 13.8 Å². The fourth-order valence-corrected chi connectivity index (χ4v) is 2.27. The molecule has 0 saturated carbocycles. The normalized spacial score (nSPS) is 33.6. The summed E-state index contributed by atoms with van der Waals surface area (Å²) < 4.78 is 0. The van der Waals surface area contributed by atoms with Crippen molar-refractivity contribution in [2.45, 2.75) is 25.6 Å². The third kappa shape index (κ3) is 1.09. The Labute approximate surface area is 78.9 Å². The van der Waals surface area contributed by atoms with E-state index in [0.717, 1.165) is 19.6 Å². The first-order chi connectivity index (χ1) is 6.05. The number of rotatable bonds is 0. The molecule has 2 saturated heterocycles. The van der Waals surface area contributed by atoms with Gasteiger partial charge >= 0.3 is 0 Å². The number of hydrogen-bond acceptors (Lipinski definition) is 3. The molecule has 1 amide bonds. The summed E-state index contributed by atoms with van der Waals surface area (Å²) in [4.78, 5) is 15.9. The monoisotopic (exact) mass is 183 g/mol. The Hall–Kier alpha value is -0.610. The molecule has 2 aliphatic rings. The largest absolute Gasteiger partial charge is 0.326 e. The number of fused-ring (bicyclic) bond motifs is 1. The molecule has 2 fully saturated rings. The first-order valence-corrected chi connectivity index (χ1v) is 4.80. The molecule has 0 aromatic heterocycles. The van der Waals surface area contributed by atoms with Gasteiger partial charge in [0.15, 0.2) is 0 Å². The molecule has 0 spiro atoms. The van der Waals surface area contributed by atoms with Crippen LogP contribution in [0.4, 0.5) is 0 Å². The number of carbonyl (C=O) groups excluding carboxylic acids is 1. The number of piperazine rings is 1. The number of carbonyl (C=O) groups is 1. The zero-order chi connectivity index (χ0) is 9.64.